The number of pyridine rings is 1. The molecule has 0 bridgehead atoms. The lowest BCUT2D eigenvalue weighted by Crippen LogP contribution is -2.43. The normalized spacial score (nSPS) is 17.0. The van der Waals surface area contributed by atoms with Gasteiger partial charge in [-0.05, 0) is 35.7 Å². The molecule has 0 radical (unpaired) electrons. The van der Waals surface area contributed by atoms with Crippen molar-refractivity contribution in [1.82, 2.24) is 9.29 Å². The number of fused-ring (bicyclic) bond motifs is 1. The number of methoxy groups -OCH3 is 1. The van der Waals surface area contributed by atoms with Crippen molar-refractivity contribution in [3.8, 4) is 5.75 Å². The van der Waals surface area contributed by atoms with Gasteiger partial charge in [-0.2, -0.15) is 4.31 Å². The zero-order valence-electron chi connectivity index (χ0n) is 17.4. The minimum atomic E-state index is -4.26. The third-order valence-electron chi connectivity index (χ3n) is 5.22. The molecule has 1 N–H and O–H groups in total. The molecule has 0 spiro atoms. The summed E-state index contributed by atoms with van der Waals surface area (Å²) in [6, 6.07) is 12.0. The van der Waals surface area contributed by atoms with Gasteiger partial charge in [0.15, 0.2) is 0 Å². The molecule has 8 nitrogen and oxygen atoms in total. The Labute approximate surface area is 184 Å². The first-order chi connectivity index (χ1) is 15.4. The molecule has 0 aliphatic carbocycles. The topological polar surface area (TPSA) is 97.9 Å². The van der Waals surface area contributed by atoms with Crippen LogP contribution in [-0.2, 0) is 26.0 Å². The zero-order valence-corrected chi connectivity index (χ0v) is 18.2. The maximum absolute atomic E-state index is 14.4. The number of ether oxygens (including phenoxy) is 3. The number of nitrogens with zero attached hydrogens (tertiary/aromatic N) is 1. The van der Waals surface area contributed by atoms with Crippen molar-refractivity contribution in [3.05, 3.63) is 70.3 Å². The molecule has 2 heterocycles. The molecule has 1 atom stereocenters. The second kappa shape index (κ2) is 9.37. The van der Waals surface area contributed by atoms with E-state index in [1.807, 2.05) is 0 Å². The molecule has 1 aliphatic heterocycles. The van der Waals surface area contributed by atoms with Crippen LogP contribution in [-0.4, -0.2) is 57.3 Å². The number of sulfonamides is 1. The summed E-state index contributed by atoms with van der Waals surface area (Å²) < 4.78 is 58.3. The second-order valence-corrected chi connectivity index (χ2v) is 9.28. The Balaban J connectivity index is 1.72. The summed E-state index contributed by atoms with van der Waals surface area (Å²) in [6.45, 7) is 0.614. The molecule has 3 aromatic rings. The van der Waals surface area contributed by atoms with Crippen molar-refractivity contribution in [2.24, 2.45) is 0 Å². The van der Waals surface area contributed by atoms with E-state index in [0.29, 0.717) is 29.9 Å². The van der Waals surface area contributed by atoms with Crippen LogP contribution in [0.5, 0.6) is 5.75 Å². The standard InChI is InChI=1S/C22H23FN2O6S/c1-29-17-7-6-15-10-16(22(26)24-20(15)11-17)12-25(13-18-14-30-8-9-31-18)32(27,28)21-5-3-2-4-19(21)23/h2-7,10-11,18H,8-9,12-14H2,1H3,(H,24,26). The third-order valence-corrected chi connectivity index (χ3v) is 7.07. The van der Waals surface area contributed by atoms with Crippen molar-refractivity contribution in [2.45, 2.75) is 17.5 Å². The number of aromatic nitrogens is 1. The minimum Gasteiger partial charge on any atom is -0.497 e. The second-order valence-electron chi connectivity index (χ2n) is 7.37. The van der Waals surface area contributed by atoms with Crippen LogP contribution in [0, 0.1) is 5.82 Å². The lowest BCUT2D eigenvalue weighted by molar-refractivity contribution is -0.0923. The molecule has 32 heavy (non-hydrogen) atoms. The van der Waals surface area contributed by atoms with Gasteiger partial charge in [0, 0.05) is 24.7 Å². The summed E-state index contributed by atoms with van der Waals surface area (Å²) in [6.07, 6.45) is -0.533. The third kappa shape index (κ3) is 4.68. The van der Waals surface area contributed by atoms with E-state index in [-0.39, 0.29) is 25.3 Å². The summed E-state index contributed by atoms with van der Waals surface area (Å²) in [7, 11) is -2.74. The summed E-state index contributed by atoms with van der Waals surface area (Å²) in [5.41, 5.74) is 0.338. The Morgan fingerprint density at radius 2 is 2.00 bits per heavy atom. The van der Waals surface area contributed by atoms with Crippen LogP contribution >= 0.6 is 0 Å². The molecule has 4 rings (SSSR count). The predicted octanol–water partition coefficient (Wildman–Crippen LogP) is 2.28. The summed E-state index contributed by atoms with van der Waals surface area (Å²) in [5, 5.41) is 0.709. The van der Waals surface area contributed by atoms with Gasteiger partial charge in [0.2, 0.25) is 10.0 Å². The van der Waals surface area contributed by atoms with Gasteiger partial charge in [0.1, 0.15) is 16.5 Å². The van der Waals surface area contributed by atoms with Crippen molar-refractivity contribution in [3.63, 3.8) is 0 Å². The Bertz CT molecular complexity index is 1270. The molecule has 1 fully saturated rings. The quantitative estimate of drug-likeness (QED) is 0.579. The fourth-order valence-electron chi connectivity index (χ4n) is 3.57. The van der Waals surface area contributed by atoms with Crippen molar-refractivity contribution < 1.29 is 27.0 Å². The highest BCUT2D eigenvalue weighted by Gasteiger charge is 2.31. The number of hydrogen-bond donors (Lipinski definition) is 1. The fraction of sp³-hybridized carbons (Fsp3) is 0.318. The Morgan fingerprint density at radius 3 is 2.72 bits per heavy atom. The Kier molecular flexibility index (Phi) is 6.56. The molecular weight excluding hydrogens is 439 g/mol. The number of halogens is 1. The van der Waals surface area contributed by atoms with Gasteiger partial charge in [0.25, 0.3) is 5.56 Å². The number of rotatable bonds is 7. The van der Waals surface area contributed by atoms with Crippen LogP contribution in [0.3, 0.4) is 0 Å². The van der Waals surface area contributed by atoms with Crippen molar-refractivity contribution in [1.29, 1.82) is 0 Å². The fourth-order valence-corrected chi connectivity index (χ4v) is 5.08. The smallest absolute Gasteiger partial charge is 0.252 e. The maximum atomic E-state index is 14.4. The van der Waals surface area contributed by atoms with E-state index in [4.69, 9.17) is 14.2 Å². The number of H-pyrrole nitrogens is 1. The first-order valence-corrected chi connectivity index (χ1v) is 11.5. The van der Waals surface area contributed by atoms with Crippen LogP contribution in [0.1, 0.15) is 5.56 Å². The Morgan fingerprint density at radius 1 is 1.19 bits per heavy atom. The number of hydrogen-bond acceptors (Lipinski definition) is 6. The molecule has 10 heteroatoms. The number of nitrogens with one attached hydrogen (secondary N) is 1. The highest BCUT2D eigenvalue weighted by atomic mass is 32.2. The summed E-state index contributed by atoms with van der Waals surface area (Å²) in [5.74, 6) is -0.281. The van der Waals surface area contributed by atoms with E-state index in [0.717, 1.165) is 10.4 Å². The molecule has 0 amide bonds. The first-order valence-electron chi connectivity index (χ1n) is 10.0. The van der Waals surface area contributed by atoms with Crippen molar-refractivity contribution >= 4 is 20.9 Å². The maximum Gasteiger partial charge on any atom is 0.252 e. The van der Waals surface area contributed by atoms with Crippen LogP contribution in [0.2, 0.25) is 0 Å². The predicted molar refractivity (Wildman–Crippen MR) is 116 cm³/mol. The minimum absolute atomic E-state index is 0.0866. The van der Waals surface area contributed by atoms with Gasteiger partial charge in [-0.15, -0.1) is 0 Å². The van der Waals surface area contributed by atoms with E-state index in [9.17, 15) is 17.6 Å². The number of aromatic amines is 1. The van der Waals surface area contributed by atoms with Gasteiger partial charge in [0.05, 0.1) is 38.6 Å². The zero-order chi connectivity index (χ0) is 22.7. The molecule has 1 unspecified atom stereocenters. The van der Waals surface area contributed by atoms with Gasteiger partial charge < -0.3 is 19.2 Å². The number of benzene rings is 2. The Hall–Kier alpha value is -2.79. The molecule has 1 aliphatic rings. The average molecular weight is 462 g/mol. The molecular formula is C22H23FN2O6S. The molecule has 1 aromatic heterocycles. The monoisotopic (exact) mass is 462 g/mol. The van der Waals surface area contributed by atoms with Crippen LogP contribution in [0.25, 0.3) is 10.9 Å². The summed E-state index contributed by atoms with van der Waals surface area (Å²) in [4.78, 5) is 15.0. The SMILES string of the molecule is COc1ccc2cc(CN(CC3COCCO3)S(=O)(=O)c3ccccc3F)c(=O)[nH]c2c1. The lowest BCUT2D eigenvalue weighted by Gasteiger charge is -2.29. The van der Waals surface area contributed by atoms with Crippen LogP contribution in [0.15, 0.2) is 58.2 Å². The van der Waals surface area contributed by atoms with Gasteiger partial charge >= 0.3 is 0 Å². The van der Waals surface area contributed by atoms with Crippen LogP contribution in [0.4, 0.5) is 4.39 Å². The largest absolute Gasteiger partial charge is 0.497 e. The van der Waals surface area contributed by atoms with E-state index < -0.39 is 32.4 Å². The molecule has 1 saturated heterocycles. The van der Waals surface area contributed by atoms with Gasteiger partial charge in [-0.25, -0.2) is 12.8 Å². The molecule has 0 saturated carbocycles. The lowest BCUT2D eigenvalue weighted by atomic mass is 10.1. The molecule has 170 valence electrons. The van der Waals surface area contributed by atoms with E-state index in [2.05, 4.69) is 4.98 Å². The van der Waals surface area contributed by atoms with E-state index >= 15 is 0 Å². The van der Waals surface area contributed by atoms with Crippen LogP contribution < -0.4 is 10.3 Å². The van der Waals surface area contributed by atoms with Gasteiger partial charge in [-0.1, -0.05) is 12.1 Å². The molecule has 2 aromatic carbocycles. The van der Waals surface area contributed by atoms with E-state index in [1.54, 1.807) is 24.3 Å². The highest BCUT2D eigenvalue weighted by Crippen LogP contribution is 2.23. The summed E-state index contributed by atoms with van der Waals surface area (Å²) >= 11 is 0. The highest BCUT2D eigenvalue weighted by molar-refractivity contribution is 7.89. The van der Waals surface area contributed by atoms with Gasteiger partial charge in [-0.3, -0.25) is 4.79 Å². The van der Waals surface area contributed by atoms with Crippen molar-refractivity contribution in [2.75, 3.05) is 33.5 Å². The average Bonchev–Trinajstić information content (AvgIpc) is 2.79. The first kappa shape index (κ1) is 22.4. The van der Waals surface area contributed by atoms with E-state index in [1.165, 1.54) is 25.3 Å².